The molecule has 0 saturated carbocycles. The van der Waals surface area contributed by atoms with Crippen LogP contribution in [0.4, 0.5) is 0 Å². The fraction of sp³-hybridized carbons (Fsp3) is 0.733. The van der Waals surface area contributed by atoms with E-state index >= 15 is 0 Å². The van der Waals surface area contributed by atoms with Gasteiger partial charge >= 0.3 is 0 Å². The van der Waals surface area contributed by atoms with Crippen molar-refractivity contribution < 1.29 is 4.42 Å². The summed E-state index contributed by atoms with van der Waals surface area (Å²) in [5.74, 6) is 1.93. The smallest absolute Gasteiger partial charge is 0.122 e. The lowest BCUT2D eigenvalue weighted by atomic mass is 10.1. The lowest BCUT2D eigenvalue weighted by Gasteiger charge is -2.20. The van der Waals surface area contributed by atoms with Gasteiger partial charge in [0.2, 0.25) is 0 Å². The topological polar surface area (TPSA) is 28.4 Å². The molecule has 0 aromatic carbocycles. The van der Waals surface area contributed by atoms with Crippen molar-refractivity contribution in [3.8, 4) is 0 Å². The lowest BCUT2D eigenvalue weighted by Crippen LogP contribution is -2.27. The first-order valence-electron chi connectivity index (χ1n) is 7.20. The molecule has 2 unspecified atom stereocenters. The maximum absolute atomic E-state index is 5.59. The Morgan fingerprint density at radius 3 is 2.94 bits per heavy atom. The monoisotopic (exact) mass is 250 g/mol. The SMILES string of the molecule is CCCNCc1occc1CN1CC(C)CC1C. The van der Waals surface area contributed by atoms with Gasteiger partial charge in [-0.25, -0.2) is 0 Å². The number of hydrogen-bond donors (Lipinski definition) is 1. The zero-order valence-electron chi connectivity index (χ0n) is 11.9. The molecule has 1 aliphatic heterocycles. The molecule has 102 valence electrons. The average Bonchev–Trinajstić information content (AvgIpc) is 2.88. The van der Waals surface area contributed by atoms with E-state index in [9.17, 15) is 0 Å². The van der Waals surface area contributed by atoms with E-state index in [0.29, 0.717) is 6.04 Å². The van der Waals surface area contributed by atoms with Crippen LogP contribution in [0.15, 0.2) is 16.7 Å². The van der Waals surface area contributed by atoms with Crippen LogP contribution in [-0.4, -0.2) is 24.0 Å². The van der Waals surface area contributed by atoms with Gasteiger partial charge < -0.3 is 9.73 Å². The van der Waals surface area contributed by atoms with E-state index in [2.05, 4.69) is 37.1 Å². The van der Waals surface area contributed by atoms with Gasteiger partial charge in [-0.1, -0.05) is 13.8 Å². The zero-order valence-corrected chi connectivity index (χ0v) is 11.9. The summed E-state index contributed by atoms with van der Waals surface area (Å²) in [5, 5.41) is 3.41. The summed E-state index contributed by atoms with van der Waals surface area (Å²) >= 11 is 0. The van der Waals surface area contributed by atoms with Gasteiger partial charge in [-0.05, 0) is 38.3 Å². The summed E-state index contributed by atoms with van der Waals surface area (Å²) in [5.41, 5.74) is 1.35. The van der Waals surface area contributed by atoms with Crippen LogP contribution in [-0.2, 0) is 13.1 Å². The highest BCUT2D eigenvalue weighted by molar-refractivity contribution is 5.17. The Morgan fingerprint density at radius 2 is 2.28 bits per heavy atom. The third-order valence-corrected chi connectivity index (χ3v) is 3.84. The molecule has 2 heterocycles. The predicted octanol–water partition coefficient (Wildman–Crippen LogP) is 3.01. The van der Waals surface area contributed by atoms with Crippen LogP contribution < -0.4 is 5.32 Å². The third-order valence-electron chi connectivity index (χ3n) is 3.84. The summed E-state index contributed by atoms with van der Waals surface area (Å²) in [4.78, 5) is 2.57. The molecular weight excluding hydrogens is 224 g/mol. The van der Waals surface area contributed by atoms with Crippen LogP contribution >= 0.6 is 0 Å². The Kier molecular flexibility index (Phi) is 4.84. The van der Waals surface area contributed by atoms with Gasteiger partial charge in [0.05, 0.1) is 12.8 Å². The minimum absolute atomic E-state index is 0.700. The van der Waals surface area contributed by atoms with E-state index in [1.54, 1.807) is 0 Å². The highest BCUT2D eigenvalue weighted by Crippen LogP contribution is 2.25. The van der Waals surface area contributed by atoms with E-state index in [-0.39, 0.29) is 0 Å². The average molecular weight is 250 g/mol. The number of hydrogen-bond acceptors (Lipinski definition) is 3. The molecule has 3 nitrogen and oxygen atoms in total. The minimum Gasteiger partial charge on any atom is -0.468 e. The first-order chi connectivity index (χ1) is 8.70. The standard InChI is InChI=1S/C15H26N2O/c1-4-6-16-9-15-14(5-7-18-15)11-17-10-12(2)8-13(17)3/h5,7,12-13,16H,4,6,8-11H2,1-3H3. The molecule has 2 atom stereocenters. The Morgan fingerprint density at radius 1 is 1.44 bits per heavy atom. The van der Waals surface area contributed by atoms with Gasteiger partial charge in [-0.2, -0.15) is 0 Å². The van der Waals surface area contributed by atoms with Crippen molar-refractivity contribution in [1.82, 2.24) is 10.2 Å². The van der Waals surface area contributed by atoms with Gasteiger partial charge in [0, 0.05) is 24.7 Å². The van der Waals surface area contributed by atoms with E-state index in [4.69, 9.17) is 4.42 Å². The van der Waals surface area contributed by atoms with Gasteiger partial charge in [-0.15, -0.1) is 0 Å². The predicted molar refractivity (Wildman–Crippen MR) is 74.4 cm³/mol. The molecular formula is C15H26N2O. The molecule has 1 N–H and O–H groups in total. The molecule has 0 amide bonds. The molecule has 0 radical (unpaired) electrons. The number of likely N-dealkylation sites (tertiary alicyclic amines) is 1. The van der Waals surface area contributed by atoms with Crippen LogP contribution in [0.5, 0.6) is 0 Å². The van der Waals surface area contributed by atoms with Crippen LogP contribution in [0.1, 0.15) is 44.9 Å². The highest BCUT2D eigenvalue weighted by atomic mass is 16.3. The van der Waals surface area contributed by atoms with Crippen molar-refractivity contribution in [2.75, 3.05) is 13.1 Å². The second-order valence-corrected chi connectivity index (χ2v) is 5.67. The molecule has 0 aliphatic carbocycles. The molecule has 1 fully saturated rings. The summed E-state index contributed by atoms with van der Waals surface area (Å²) < 4.78 is 5.59. The number of rotatable bonds is 6. The van der Waals surface area contributed by atoms with Gasteiger partial charge in [0.1, 0.15) is 5.76 Å². The third kappa shape index (κ3) is 3.36. The van der Waals surface area contributed by atoms with Crippen molar-refractivity contribution in [3.63, 3.8) is 0 Å². The van der Waals surface area contributed by atoms with Crippen molar-refractivity contribution in [2.45, 2.75) is 52.7 Å². The molecule has 3 heteroatoms. The van der Waals surface area contributed by atoms with Gasteiger partial charge in [-0.3, -0.25) is 4.90 Å². The van der Waals surface area contributed by atoms with E-state index in [1.165, 1.54) is 18.5 Å². The molecule has 1 aromatic heterocycles. The lowest BCUT2D eigenvalue weighted by molar-refractivity contribution is 0.254. The highest BCUT2D eigenvalue weighted by Gasteiger charge is 2.26. The molecule has 2 rings (SSSR count). The largest absolute Gasteiger partial charge is 0.468 e. The number of nitrogens with zero attached hydrogens (tertiary/aromatic N) is 1. The Labute approximate surface area is 111 Å². The Balaban J connectivity index is 1.91. The second-order valence-electron chi connectivity index (χ2n) is 5.67. The molecule has 0 bridgehead atoms. The Hall–Kier alpha value is -0.800. The van der Waals surface area contributed by atoms with Crippen LogP contribution in [0, 0.1) is 5.92 Å². The molecule has 1 saturated heterocycles. The van der Waals surface area contributed by atoms with Gasteiger partial charge in [0.25, 0.3) is 0 Å². The van der Waals surface area contributed by atoms with E-state index in [1.807, 2.05) is 6.26 Å². The van der Waals surface area contributed by atoms with Crippen LogP contribution in [0.25, 0.3) is 0 Å². The number of furan rings is 1. The minimum atomic E-state index is 0.700. The van der Waals surface area contributed by atoms with E-state index < -0.39 is 0 Å². The number of nitrogens with one attached hydrogen (secondary N) is 1. The fourth-order valence-corrected chi connectivity index (χ4v) is 2.87. The second kappa shape index (κ2) is 6.39. The molecule has 0 spiro atoms. The van der Waals surface area contributed by atoms with E-state index in [0.717, 1.165) is 37.7 Å². The fourth-order valence-electron chi connectivity index (χ4n) is 2.87. The summed E-state index contributed by atoms with van der Waals surface area (Å²) in [6.07, 6.45) is 4.31. The molecule has 1 aliphatic rings. The maximum Gasteiger partial charge on any atom is 0.122 e. The normalized spacial score (nSPS) is 24.8. The van der Waals surface area contributed by atoms with Crippen LogP contribution in [0.3, 0.4) is 0 Å². The van der Waals surface area contributed by atoms with Crippen molar-refractivity contribution in [3.05, 3.63) is 23.7 Å². The summed E-state index contributed by atoms with van der Waals surface area (Å²) in [6.45, 7) is 11.0. The summed E-state index contributed by atoms with van der Waals surface area (Å²) in [6, 6.07) is 2.82. The molecule has 18 heavy (non-hydrogen) atoms. The van der Waals surface area contributed by atoms with Crippen molar-refractivity contribution >= 4 is 0 Å². The van der Waals surface area contributed by atoms with Crippen molar-refractivity contribution in [2.24, 2.45) is 5.92 Å². The Bertz CT molecular complexity index is 361. The summed E-state index contributed by atoms with van der Waals surface area (Å²) in [7, 11) is 0. The maximum atomic E-state index is 5.59. The quantitative estimate of drug-likeness (QED) is 0.787. The zero-order chi connectivity index (χ0) is 13.0. The van der Waals surface area contributed by atoms with Crippen LogP contribution in [0.2, 0.25) is 0 Å². The van der Waals surface area contributed by atoms with Crippen molar-refractivity contribution in [1.29, 1.82) is 0 Å². The molecule has 1 aromatic rings. The van der Waals surface area contributed by atoms with Gasteiger partial charge in [0.15, 0.2) is 0 Å². The first-order valence-corrected chi connectivity index (χ1v) is 7.20. The first kappa shape index (κ1) is 13.6.